The Labute approximate surface area is 201 Å². The van der Waals surface area contributed by atoms with Crippen molar-refractivity contribution in [3.05, 3.63) is 61.5 Å². The Hall–Kier alpha value is -3.20. The van der Waals surface area contributed by atoms with Gasteiger partial charge in [0.1, 0.15) is 5.82 Å². The topological polar surface area (TPSA) is 104 Å². The third-order valence-electron chi connectivity index (χ3n) is 6.35. The molecule has 4 heterocycles. The summed E-state index contributed by atoms with van der Waals surface area (Å²) in [5.74, 6) is 0.918. The molecule has 1 amide bonds. The van der Waals surface area contributed by atoms with Gasteiger partial charge in [0.05, 0.1) is 16.0 Å². The van der Waals surface area contributed by atoms with Gasteiger partial charge in [-0.1, -0.05) is 25.4 Å². The number of carbonyl (C=O) groups excluding carboxylic acids is 1. The predicted octanol–water partition coefficient (Wildman–Crippen LogP) is 2.63. The SMILES string of the molecule is CC(C)Cn1c(=O)[nH]c(=O)c2c(C(=O)N3CCN(c4ncccc4Cl)CC3)cc(C3CC3)nc21. The van der Waals surface area contributed by atoms with Crippen LogP contribution in [0.1, 0.15) is 48.7 Å². The second kappa shape index (κ2) is 8.87. The molecule has 1 aliphatic heterocycles. The van der Waals surface area contributed by atoms with E-state index < -0.39 is 11.2 Å². The second-order valence-corrected chi connectivity index (χ2v) is 9.83. The van der Waals surface area contributed by atoms with Gasteiger partial charge >= 0.3 is 5.69 Å². The molecule has 1 N–H and O–H groups in total. The molecule has 10 heteroatoms. The van der Waals surface area contributed by atoms with E-state index in [1.165, 1.54) is 4.57 Å². The first-order valence-electron chi connectivity index (χ1n) is 11.7. The van der Waals surface area contributed by atoms with Crippen LogP contribution in [0.2, 0.25) is 5.02 Å². The molecular formula is C24H27ClN6O3. The van der Waals surface area contributed by atoms with Crippen LogP contribution in [-0.2, 0) is 6.54 Å². The fourth-order valence-corrected chi connectivity index (χ4v) is 4.73. The molecule has 0 aromatic carbocycles. The molecular weight excluding hydrogens is 456 g/mol. The summed E-state index contributed by atoms with van der Waals surface area (Å²) in [4.78, 5) is 54.5. The summed E-state index contributed by atoms with van der Waals surface area (Å²) in [5.41, 5.74) is 0.323. The molecule has 1 saturated heterocycles. The van der Waals surface area contributed by atoms with E-state index in [2.05, 4.69) is 14.9 Å². The lowest BCUT2D eigenvalue weighted by Crippen LogP contribution is -2.49. The largest absolute Gasteiger partial charge is 0.352 e. The Morgan fingerprint density at radius 3 is 2.59 bits per heavy atom. The minimum Gasteiger partial charge on any atom is -0.352 e. The van der Waals surface area contributed by atoms with Gasteiger partial charge in [0.15, 0.2) is 5.65 Å². The zero-order valence-corrected chi connectivity index (χ0v) is 20.0. The van der Waals surface area contributed by atoms with Gasteiger partial charge in [-0.2, -0.15) is 0 Å². The van der Waals surface area contributed by atoms with Crippen LogP contribution in [0.5, 0.6) is 0 Å². The number of nitrogens with one attached hydrogen (secondary N) is 1. The fraction of sp³-hybridized carbons (Fsp3) is 0.458. The van der Waals surface area contributed by atoms with E-state index in [1.807, 2.05) is 13.8 Å². The van der Waals surface area contributed by atoms with E-state index in [0.717, 1.165) is 18.5 Å². The van der Waals surface area contributed by atoms with Crippen LogP contribution < -0.4 is 16.1 Å². The standard InChI is InChI=1S/C24H27ClN6O3/c1-14(2)13-31-21-19(22(32)28-24(31)34)16(12-18(27-21)15-5-6-15)23(33)30-10-8-29(9-11-30)20-17(25)4-3-7-26-20/h3-4,7,12,14-15H,5-6,8-11,13H2,1-2H3,(H,28,32,34). The number of hydrogen-bond acceptors (Lipinski definition) is 6. The number of carbonyl (C=O) groups is 1. The van der Waals surface area contributed by atoms with E-state index in [-0.39, 0.29) is 23.1 Å². The number of fused-ring (bicyclic) bond motifs is 1. The maximum Gasteiger partial charge on any atom is 0.330 e. The Balaban J connectivity index is 1.52. The van der Waals surface area contributed by atoms with Crippen molar-refractivity contribution in [3.63, 3.8) is 0 Å². The zero-order chi connectivity index (χ0) is 24.0. The van der Waals surface area contributed by atoms with Crippen LogP contribution in [0.25, 0.3) is 11.0 Å². The first-order chi connectivity index (χ1) is 16.3. The monoisotopic (exact) mass is 482 g/mol. The molecule has 2 fully saturated rings. The third-order valence-corrected chi connectivity index (χ3v) is 6.64. The molecule has 5 rings (SSSR count). The number of nitrogens with zero attached hydrogens (tertiary/aromatic N) is 5. The van der Waals surface area contributed by atoms with Crippen molar-refractivity contribution < 1.29 is 4.79 Å². The number of piperazine rings is 1. The highest BCUT2D eigenvalue weighted by atomic mass is 35.5. The minimum atomic E-state index is -0.572. The van der Waals surface area contributed by atoms with Gasteiger partial charge in [0.2, 0.25) is 0 Å². The molecule has 178 valence electrons. The molecule has 0 bridgehead atoms. The number of halogens is 1. The summed E-state index contributed by atoms with van der Waals surface area (Å²) in [6.07, 6.45) is 3.69. The summed E-state index contributed by atoms with van der Waals surface area (Å²) in [5, 5.41) is 0.760. The Kier molecular flexibility index (Phi) is 5.89. The van der Waals surface area contributed by atoms with Crippen molar-refractivity contribution in [2.45, 2.75) is 39.2 Å². The van der Waals surface area contributed by atoms with Crippen molar-refractivity contribution in [1.29, 1.82) is 0 Å². The molecule has 0 unspecified atom stereocenters. The first kappa shape index (κ1) is 22.6. The number of amides is 1. The molecule has 3 aromatic heterocycles. The van der Waals surface area contributed by atoms with Crippen molar-refractivity contribution in [1.82, 2.24) is 24.4 Å². The summed E-state index contributed by atoms with van der Waals surface area (Å²) in [6.45, 7) is 6.49. The number of pyridine rings is 2. The van der Waals surface area contributed by atoms with E-state index >= 15 is 0 Å². The van der Waals surface area contributed by atoms with Crippen LogP contribution in [0, 0.1) is 5.92 Å². The summed E-state index contributed by atoms with van der Waals surface area (Å²) in [6, 6.07) is 5.34. The van der Waals surface area contributed by atoms with Gasteiger partial charge in [-0.15, -0.1) is 0 Å². The molecule has 1 aliphatic carbocycles. The maximum absolute atomic E-state index is 13.7. The lowest BCUT2D eigenvalue weighted by atomic mass is 10.1. The number of rotatable bonds is 5. The highest BCUT2D eigenvalue weighted by Gasteiger charge is 2.31. The van der Waals surface area contributed by atoms with Gasteiger partial charge in [-0.25, -0.2) is 14.8 Å². The van der Waals surface area contributed by atoms with Crippen molar-refractivity contribution in [2.75, 3.05) is 31.1 Å². The maximum atomic E-state index is 13.7. The van der Waals surface area contributed by atoms with Gasteiger partial charge in [0, 0.05) is 50.5 Å². The number of aromatic amines is 1. The normalized spacial score (nSPS) is 16.5. The molecule has 0 atom stereocenters. The molecule has 34 heavy (non-hydrogen) atoms. The van der Waals surface area contributed by atoms with Gasteiger partial charge in [0.25, 0.3) is 11.5 Å². The predicted molar refractivity (Wildman–Crippen MR) is 131 cm³/mol. The van der Waals surface area contributed by atoms with E-state index in [0.29, 0.717) is 54.8 Å². The highest BCUT2D eigenvalue weighted by Crippen LogP contribution is 2.40. The lowest BCUT2D eigenvalue weighted by Gasteiger charge is -2.35. The molecule has 1 saturated carbocycles. The van der Waals surface area contributed by atoms with Crippen LogP contribution >= 0.6 is 11.6 Å². The summed E-state index contributed by atoms with van der Waals surface area (Å²) in [7, 11) is 0. The number of hydrogen-bond donors (Lipinski definition) is 1. The quantitative estimate of drug-likeness (QED) is 0.599. The van der Waals surface area contributed by atoms with Crippen molar-refractivity contribution in [3.8, 4) is 0 Å². The van der Waals surface area contributed by atoms with Gasteiger partial charge in [-0.3, -0.25) is 19.1 Å². The summed E-state index contributed by atoms with van der Waals surface area (Å²) < 4.78 is 1.49. The first-order valence-corrected chi connectivity index (χ1v) is 12.0. The zero-order valence-electron chi connectivity index (χ0n) is 19.3. The highest BCUT2D eigenvalue weighted by molar-refractivity contribution is 6.32. The average Bonchev–Trinajstić information content (AvgIpc) is 3.66. The van der Waals surface area contributed by atoms with E-state index in [4.69, 9.17) is 16.6 Å². The second-order valence-electron chi connectivity index (χ2n) is 9.42. The van der Waals surface area contributed by atoms with Crippen molar-refractivity contribution >= 4 is 34.4 Å². The summed E-state index contributed by atoms with van der Waals surface area (Å²) >= 11 is 6.29. The van der Waals surface area contributed by atoms with E-state index in [9.17, 15) is 14.4 Å². The van der Waals surface area contributed by atoms with Gasteiger partial charge in [-0.05, 0) is 37.0 Å². The molecule has 2 aliphatic rings. The average molecular weight is 483 g/mol. The minimum absolute atomic E-state index is 0.170. The fourth-order valence-electron chi connectivity index (χ4n) is 4.49. The Morgan fingerprint density at radius 2 is 1.94 bits per heavy atom. The number of H-pyrrole nitrogens is 1. The van der Waals surface area contributed by atoms with Crippen LogP contribution in [-0.4, -0.2) is 56.5 Å². The van der Waals surface area contributed by atoms with Crippen molar-refractivity contribution in [2.24, 2.45) is 5.92 Å². The molecule has 0 spiro atoms. The molecule has 9 nitrogen and oxygen atoms in total. The lowest BCUT2D eigenvalue weighted by molar-refractivity contribution is 0.0748. The van der Waals surface area contributed by atoms with Gasteiger partial charge < -0.3 is 9.80 Å². The molecule has 3 aromatic rings. The Bertz CT molecular complexity index is 1370. The van der Waals surface area contributed by atoms with Crippen LogP contribution in [0.4, 0.5) is 5.82 Å². The Morgan fingerprint density at radius 1 is 1.21 bits per heavy atom. The smallest absolute Gasteiger partial charge is 0.330 e. The number of aromatic nitrogens is 4. The third kappa shape index (κ3) is 4.20. The van der Waals surface area contributed by atoms with Crippen LogP contribution in [0.3, 0.4) is 0 Å². The van der Waals surface area contributed by atoms with Crippen LogP contribution in [0.15, 0.2) is 34.0 Å². The van der Waals surface area contributed by atoms with E-state index in [1.54, 1.807) is 29.3 Å². The molecule has 0 radical (unpaired) electrons. The number of anilines is 1.